The SMILES string of the molecule is CC(N)=N[C@@H](C)CSC[C@H](N)C(=O)O. The Balaban J connectivity index is 3.64. The lowest BCUT2D eigenvalue weighted by atomic mass is 10.4. The minimum absolute atomic E-state index is 0.103. The van der Waals surface area contributed by atoms with Gasteiger partial charge in [-0.1, -0.05) is 0 Å². The van der Waals surface area contributed by atoms with E-state index < -0.39 is 12.0 Å². The summed E-state index contributed by atoms with van der Waals surface area (Å²) in [6.45, 7) is 3.65. The first-order valence-electron chi connectivity index (χ1n) is 4.29. The first-order valence-corrected chi connectivity index (χ1v) is 5.45. The Hall–Kier alpha value is -0.750. The summed E-state index contributed by atoms with van der Waals surface area (Å²) in [6, 6.07) is -0.693. The average Bonchev–Trinajstić information content (AvgIpc) is 2.02. The molecule has 0 heterocycles. The summed E-state index contributed by atoms with van der Waals surface area (Å²) in [7, 11) is 0. The first-order chi connectivity index (χ1) is 6.43. The van der Waals surface area contributed by atoms with Crippen molar-refractivity contribution in [3.8, 4) is 0 Å². The molecule has 6 heteroatoms. The minimum atomic E-state index is -0.969. The number of rotatable bonds is 6. The van der Waals surface area contributed by atoms with E-state index in [1.807, 2.05) is 6.92 Å². The number of thioether (sulfide) groups is 1. The maximum atomic E-state index is 10.4. The zero-order valence-electron chi connectivity index (χ0n) is 8.43. The minimum Gasteiger partial charge on any atom is -0.480 e. The highest BCUT2D eigenvalue weighted by Crippen LogP contribution is 2.06. The van der Waals surface area contributed by atoms with Gasteiger partial charge in [0.05, 0.1) is 11.9 Å². The second-order valence-electron chi connectivity index (χ2n) is 3.10. The normalized spacial score (nSPS) is 16.4. The third kappa shape index (κ3) is 6.73. The summed E-state index contributed by atoms with van der Waals surface area (Å²) in [6.07, 6.45) is 0. The van der Waals surface area contributed by atoms with Crippen molar-refractivity contribution in [2.24, 2.45) is 16.5 Å². The Morgan fingerprint density at radius 3 is 2.57 bits per heavy atom. The van der Waals surface area contributed by atoms with E-state index in [2.05, 4.69) is 4.99 Å². The maximum absolute atomic E-state index is 10.4. The molecule has 0 aliphatic rings. The number of nitrogens with two attached hydrogens (primary N) is 2. The lowest BCUT2D eigenvalue weighted by Crippen LogP contribution is -2.32. The van der Waals surface area contributed by atoms with Crippen molar-refractivity contribution in [3.05, 3.63) is 0 Å². The van der Waals surface area contributed by atoms with E-state index in [1.165, 1.54) is 11.8 Å². The van der Waals surface area contributed by atoms with E-state index >= 15 is 0 Å². The van der Waals surface area contributed by atoms with Crippen LogP contribution in [0.15, 0.2) is 4.99 Å². The van der Waals surface area contributed by atoms with Crippen molar-refractivity contribution >= 4 is 23.6 Å². The van der Waals surface area contributed by atoms with Crippen molar-refractivity contribution in [2.45, 2.75) is 25.9 Å². The Labute approximate surface area is 87.9 Å². The van der Waals surface area contributed by atoms with E-state index in [-0.39, 0.29) is 6.04 Å². The number of aliphatic imine (C=N–C) groups is 1. The third-order valence-corrected chi connectivity index (χ3v) is 2.71. The van der Waals surface area contributed by atoms with Crippen molar-refractivity contribution in [1.29, 1.82) is 0 Å². The molecule has 5 N–H and O–H groups in total. The van der Waals surface area contributed by atoms with Crippen LogP contribution in [0.25, 0.3) is 0 Å². The summed E-state index contributed by atoms with van der Waals surface area (Å²) in [5.74, 6) is 0.707. The van der Waals surface area contributed by atoms with Crippen LogP contribution >= 0.6 is 11.8 Å². The summed E-state index contributed by atoms with van der Waals surface area (Å²) in [5.41, 5.74) is 10.7. The molecule has 0 saturated heterocycles. The van der Waals surface area contributed by atoms with Gasteiger partial charge in [0.1, 0.15) is 6.04 Å². The zero-order valence-corrected chi connectivity index (χ0v) is 9.25. The van der Waals surface area contributed by atoms with Crippen LogP contribution in [0.2, 0.25) is 0 Å². The number of carbonyl (C=O) groups is 1. The summed E-state index contributed by atoms with van der Waals surface area (Å²) in [4.78, 5) is 14.5. The van der Waals surface area contributed by atoms with Crippen LogP contribution < -0.4 is 11.5 Å². The fourth-order valence-electron chi connectivity index (χ4n) is 0.822. The predicted octanol–water partition coefficient (Wildman–Crippen LogP) is -0.103. The van der Waals surface area contributed by atoms with E-state index in [4.69, 9.17) is 16.6 Å². The molecule has 0 bridgehead atoms. The van der Waals surface area contributed by atoms with E-state index in [0.717, 1.165) is 5.75 Å². The third-order valence-electron chi connectivity index (χ3n) is 1.40. The Morgan fingerprint density at radius 2 is 2.14 bits per heavy atom. The number of hydrogen-bond acceptors (Lipinski definition) is 4. The molecule has 0 saturated carbocycles. The van der Waals surface area contributed by atoms with Crippen molar-refractivity contribution in [1.82, 2.24) is 0 Å². The number of carboxylic acid groups (broad SMARTS) is 1. The fraction of sp³-hybridized carbons (Fsp3) is 0.750. The zero-order chi connectivity index (χ0) is 11.1. The molecule has 0 aliphatic heterocycles. The molecule has 0 amide bonds. The van der Waals surface area contributed by atoms with E-state index in [9.17, 15) is 4.79 Å². The molecule has 82 valence electrons. The molecule has 0 aromatic carbocycles. The molecule has 14 heavy (non-hydrogen) atoms. The Bertz CT molecular complexity index is 217. The standard InChI is InChI=1S/C8H17N3O2S/c1-5(11-6(2)9)3-14-4-7(10)8(12)13/h5,7H,3-4,10H2,1-2H3,(H2,9,11)(H,12,13)/t5-,7-/m0/s1. The number of carboxylic acids is 1. The van der Waals surface area contributed by atoms with Crippen LogP contribution in [0.3, 0.4) is 0 Å². The highest BCUT2D eigenvalue weighted by Gasteiger charge is 2.11. The molecule has 0 aromatic rings. The van der Waals surface area contributed by atoms with Gasteiger partial charge >= 0.3 is 5.97 Å². The highest BCUT2D eigenvalue weighted by atomic mass is 32.2. The quantitative estimate of drug-likeness (QED) is 0.427. The molecule has 0 unspecified atom stereocenters. The lowest BCUT2D eigenvalue weighted by molar-refractivity contribution is -0.137. The molecule has 0 fully saturated rings. The number of aliphatic carboxylic acids is 1. The number of nitrogens with zero attached hydrogens (tertiary/aromatic N) is 1. The van der Waals surface area contributed by atoms with Gasteiger partial charge in [-0.15, -0.1) is 0 Å². The second-order valence-corrected chi connectivity index (χ2v) is 4.18. The number of amidine groups is 1. The largest absolute Gasteiger partial charge is 0.480 e. The van der Waals surface area contributed by atoms with Gasteiger partial charge in [-0.05, 0) is 13.8 Å². The molecule has 0 rings (SSSR count). The van der Waals surface area contributed by atoms with Crippen LogP contribution in [-0.2, 0) is 4.79 Å². The Morgan fingerprint density at radius 1 is 1.57 bits per heavy atom. The van der Waals surface area contributed by atoms with E-state index in [0.29, 0.717) is 11.6 Å². The van der Waals surface area contributed by atoms with Gasteiger partial charge in [0, 0.05) is 11.5 Å². The van der Waals surface area contributed by atoms with Gasteiger partial charge in [0.25, 0.3) is 0 Å². The summed E-state index contributed by atoms with van der Waals surface area (Å²) in [5, 5.41) is 8.51. The molecule has 0 radical (unpaired) electrons. The van der Waals surface area contributed by atoms with Crippen LogP contribution in [0.4, 0.5) is 0 Å². The predicted molar refractivity (Wildman–Crippen MR) is 59.7 cm³/mol. The number of hydrogen-bond donors (Lipinski definition) is 3. The van der Waals surface area contributed by atoms with Crippen LogP contribution in [0, 0.1) is 0 Å². The second kappa shape index (κ2) is 6.67. The average molecular weight is 219 g/mol. The molecule has 0 aliphatic carbocycles. The molecular weight excluding hydrogens is 202 g/mol. The smallest absolute Gasteiger partial charge is 0.321 e. The van der Waals surface area contributed by atoms with Gasteiger partial charge in [0.2, 0.25) is 0 Å². The van der Waals surface area contributed by atoms with Crippen molar-refractivity contribution < 1.29 is 9.90 Å². The van der Waals surface area contributed by atoms with Gasteiger partial charge < -0.3 is 16.6 Å². The van der Waals surface area contributed by atoms with Crippen LogP contribution in [0.1, 0.15) is 13.8 Å². The monoisotopic (exact) mass is 219 g/mol. The molecule has 2 atom stereocenters. The van der Waals surface area contributed by atoms with Gasteiger partial charge in [-0.3, -0.25) is 9.79 Å². The van der Waals surface area contributed by atoms with Gasteiger partial charge in [-0.25, -0.2) is 0 Å². The summed E-state index contributed by atoms with van der Waals surface area (Å²) < 4.78 is 0. The molecular formula is C8H17N3O2S. The van der Waals surface area contributed by atoms with Crippen molar-refractivity contribution in [3.63, 3.8) is 0 Å². The molecule has 0 spiro atoms. The van der Waals surface area contributed by atoms with Gasteiger partial charge in [-0.2, -0.15) is 11.8 Å². The maximum Gasteiger partial charge on any atom is 0.321 e. The van der Waals surface area contributed by atoms with E-state index in [1.54, 1.807) is 6.92 Å². The summed E-state index contributed by atoms with van der Waals surface area (Å²) >= 11 is 1.47. The highest BCUT2D eigenvalue weighted by molar-refractivity contribution is 7.99. The first kappa shape index (κ1) is 13.2. The Kier molecular flexibility index (Phi) is 6.31. The topological polar surface area (TPSA) is 102 Å². The lowest BCUT2D eigenvalue weighted by Gasteiger charge is -2.08. The van der Waals surface area contributed by atoms with Gasteiger partial charge in [0.15, 0.2) is 0 Å². The molecule has 0 aromatic heterocycles. The fourth-order valence-corrected chi connectivity index (χ4v) is 1.77. The van der Waals surface area contributed by atoms with Crippen molar-refractivity contribution in [2.75, 3.05) is 11.5 Å². The molecule has 5 nitrogen and oxygen atoms in total. The van der Waals surface area contributed by atoms with Crippen LogP contribution in [0.5, 0.6) is 0 Å². The van der Waals surface area contributed by atoms with Crippen LogP contribution in [-0.4, -0.2) is 40.5 Å².